The number of rotatable bonds is 8. The lowest BCUT2D eigenvalue weighted by Crippen LogP contribution is -2.15. The second-order valence-electron chi connectivity index (χ2n) is 4.15. The summed E-state index contributed by atoms with van der Waals surface area (Å²) in [5.41, 5.74) is 0.992. The summed E-state index contributed by atoms with van der Waals surface area (Å²) in [6.45, 7) is 1.44. The topological polar surface area (TPSA) is 35.8 Å². The van der Waals surface area contributed by atoms with E-state index in [1.54, 1.807) is 12.1 Å². The van der Waals surface area contributed by atoms with Gasteiger partial charge in [-0.15, -0.1) is 0 Å². The monoisotopic (exact) mass is 266 g/mol. The molecule has 0 aromatic heterocycles. The summed E-state index contributed by atoms with van der Waals surface area (Å²) in [7, 11) is 0. The molecule has 1 aromatic rings. The van der Waals surface area contributed by atoms with Crippen molar-refractivity contribution >= 4 is 11.8 Å². The number of nitriles is 1. The number of hydrogen-bond acceptors (Lipinski definition) is 3. The lowest BCUT2D eigenvalue weighted by molar-refractivity contribution is 0.574. The molecule has 0 saturated heterocycles. The Morgan fingerprint density at radius 2 is 2.17 bits per heavy atom. The average Bonchev–Trinajstić information content (AvgIpc) is 2.39. The standard InChI is InChI=1S/C14H19FN2S/c1-18-8-4-2-3-7-17-11-13-6-5-12(10-16)9-14(13)15/h5-6,9,17H,2-4,7-8,11H2,1H3. The van der Waals surface area contributed by atoms with Gasteiger partial charge in [-0.2, -0.15) is 17.0 Å². The largest absolute Gasteiger partial charge is 0.313 e. The van der Waals surface area contributed by atoms with Crippen molar-refractivity contribution in [3.8, 4) is 6.07 Å². The summed E-state index contributed by atoms with van der Waals surface area (Å²) >= 11 is 1.87. The summed E-state index contributed by atoms with van der Waals surface area (Å²) in [6, 6.07) is 6.54. The molecule has 0 aliphatic rings. The number of nitrogens with zero attached hydrogens (tertiary/aromatic N) is 1. The first-order chi connectivity index (χ1) is 8.77. The molecule has 0 heterocycles. The van der Waals surface area contributed by atoms with Gasteiger partial charge in [0.1, 0.15) is 5.82 Å². The Labute approximate surface area is 113 Å². The van der Waals surface area contributed by atoms with Crippen molar-refractivity contribution in [3.63, 3.8) is 0 Å². The minimum Gasteiger partial charge on any atom is -0.313 e. The van der Waals surface area contributed by atoms with Crippen LogP contribution in [-0.2, 0) is 6.54 Å². The molecule has 1 rings (SSSR count). The van der Waals surface area contributed by atoms with Gasteiger partial charge in [0.25, 0.3) is 0 Å². The van der Waals surface area contributed by atoms with Crippen LogP contribution >= 0.6 is 11.8 Å². The van der Waals surface area contributed by atoms with Crippen LogP contribution in [0.3, 0.4) is 0 Å². The molecule has 0 spiro atoms. The molecule has 2 nitrogen and oxygen atoms in total. The van der Waals surface area contributed by atoms with E-state index in [1.165, 1.54) is 24.7 Å². The van der Waals surface area contributed by atoms with Gasteiger partial charge in [-0.1, -0.05) is 12.5 Å². The highest BCUT2D eigenvalue weighted by Crippen LogP contribution is 2.09. The molecule has 0 bridgehead atoms. The van der Waals surface area contributed by atoms with E-state index in [-0.39, 0.29) is 5.82 Å². The third-order valence-corrected chi connectivity index (χ3v) is 3.40. The summed E-state index contributed by atoms with van der Waals surface area (Å²) < 4.78 is 13.5. The highest BCUT2D eigenvalue weighted by atomic mass is 32.2. The van der Waals surface area contributed by atoms with Crippen molar-refractivity contribution in [1.82, 2.24) is 5.32 Å². The molecule has 0 unspecified atom stereocenters. The third kappa shape index (κ3) is 5.52. The number of hydrogen-bond donors (Lipinski definition) is 1. The SMILES string of the molecule is CSCCCCCNCc1ccc(C#N)cc1F. The Morgan fingerprint density at radius 1 is 1.33 bits per heavy atom. The fourth-order valence-corrected chi connectivity index (χ4v) is 2.15. The molecule has 0 aliphatic carbocycles. The molecule has 1 N–H and O–H groups in total. The molecule has 4 heteroatoms. The Morgan fingerprint density at radius 3 is 2.83 bits per heavy atom. The first-order valence-electron chi connectivity index (χ1n) is 6.16. The quantitative estimate of drug-likeness (QED) is 0.733. The molecule has 98 valence electrons. The van der Waals surface area contributed by atoms with Gasteiger partial charge in [0, 0.05) is 12.1 Å². The first-order valence-corrected chi connectivity index (χ1v) is 7.55. The van der Waals surface area contributed by atoms with E-state index in [2.05, 4.69) is 11.6 Å². The van der Waals surface area contributed by atoms with E-state index in [0.717, 1.165) is 13.0 Å². The molecule has 0 amide bonds. The van der Waals surface area contributed by atoms with E-state index in [9.17, 15) is 4.39 Å². The van der Waals surface area contributed by atoms with Gasteiger partial charge in [-0.05, 0) is 43.5 Å². The maximum absolute atomic E-state index is 13.5. The van der Waals surface area contributed by atoms with E-state index >= 15 is 0 Å². The van der Waals surface area contributed by atoms with E-state index < -0.39 is 0 Å². The van der Waals surface area contributed by atoms with Crippen LogP contribution in [0.2, 0.25) is 0 Å². The molecular weight excluding hydrogens is 247 g/mol. The molecule has 0 atom stereocenters. The fourth-order valence-electron chi connectivity index (χ4n) is 1.66. The Kier molecular flexibility index (Phi) is 7.47. The molecule has 0 fully saturated rings. The van der Waals surface area contributed by atoms with Gasteiger partial charge in [0.05, 0.1) is 11.6 Å². The lowest BCUT2D eigenvalue weighted by atomic mass is 10.1. The number of unbranched alkanes of at least 4 members (excludes halogenated alkanes) is 2. The van der Waals surface area contributed by atoms with Crippen molar-refractivity contribution in [3.05, 3.63) is 35.1 Å². The maximum Gasteiger partial charge on any atom is 0.129 e. The van der Waals surface area contributed by atoms with Crippen molar-refractivity contribution in [2.24, 2.45) is 0 Å². The van der Waals surface area contributed by atoms with Gasteiger partial charge in [0.2, 0.25) is 0 Å². The molecular formula is C14H19FN2S. The Bertz CT molecular complexity index is 401. The van der Waals surface area contributed by atoms with Gasteiger partial charge < -0.3 is 5.32 Å². The number of benzene rings is 1. The van der Waals surface area contributed by atoms with Crippen LogP contribution in [0, 0.1) is 17.1 Å². The number of nitrogens with one attached hydrogen (secondary N) is 1. The van der Waals surface area contributed by atoms with Gasteiger partial charge in [0.15, 0.2) is 0 Å². The molecule has 1 aromatic carbocycles. The van der Waals surface area contributed by atoms with Crippen LogP contribution in [0.15, 0.2) is 18.2 Å². The molecule has 0 aliphatic heterocycles. The zero-order chi connectivity index (χ0) is 13.2. The van der Waals surface area contributed by atoms with Crippen LogP contribution in [0.1, 0.15) is 30.4 Å². The Balaban J connectivity index is 2.21. The molecule has 18 heavy (non-hydrogen) atoms. The van der Waals surface area contributed by atoms with Crippen molar-refractivity contribution < 1.29 is 4.39 Å². The van der Waals surface area contributed by atoms with Crippen LogP contribution in [0.4, 0.5) is 4.39 Å². The molecule has 0 saturated carbocycles. The van der Waals surface area contributed by atoms with E-state index in [0.29, 0.717) is 17.7 Å². The Hall–Kier alpha value is -1.05. The van der Waals surface area contributed by atoms with Crippen LogP contribution < -0.4 is 5.32 Å². The van der Waals surface area contributed by atoms with Crippen molar-refractivity contribution in [2.45, 2.75) is 25.8 Å². The second kappa shape index (κ2) is 8.96. The summed E-state index contributed by atoms with van der Waals surface area (Å²) in [6.07, 6.45) is 5.70. The molecule has 0 radical (unpaired) electrons. The number of halogens is 1. The fraction of sp³-hybridized carbons (Fsp3) is 0.500. The normalized spacial score (nSPS) is 10.3. The summed E-state index contributed by atoms with van der Waals surface area (Å²) in [5.74, 6) is 0.911. The van der Waals surface area contributed by atoms with Crippen LogP contribution in [-0.4, -0.2) is 18.6 Å². The predicted octanol–water partition coefficient (Wildman–Crippen LogP) is 3.32. The average molecular weight is 266 g/mol. The first kappa shape index (κ1) is 15.0. The minimum atomic E-state index is -0.302. The number of thioether (sulfide) groups is 1. The summed E-state index contributed by atoms with van der Waals surface area (Å²) in [5, 5.41) is 11.9. The van der Waals surface area contributed by atoms with Gasteiger partial charge >= 0.3 is 0 Å². The zero-order valence-electron chi connectivity index (χ0n) is 10.7. The third-order valence-electron chi connectivity index (χ3n) is 2.70. The zero-order valence-corrected chi connectivity index (χ0v) is 11.5. The van der Waals surface area contributed by atoms with Crippen LogP contribution in [0.5, 0.6) is 0 Å². The second-order valence-corrected chi connectivity index (χ2v) is 5.13. The van der Waals surface area contributed by atoms with E-state index in [4.69, 9.17) is 5.26 Å². The summed E-state index contributed by atoms with van der Waals surface area (Å²) in [4.78, 5) is 0. The smallest absolute Gasteiger partial charge is 0.129 e. The van der Waals surface area contributed by atoms with Crippen molar-refractivity contribution in [1.29, 1.82) is 5.26 Å². The predicted molar refractivity (Wildman–Crippen MR) is 75.1 cm³/mol. The van der Waals surface area contributed by atoms with Crippen molar-refractivity contribution in [2.75, 3.05) is 18.6 Å². The highest BCUT2D eigenvalue weighted by Gasteiger charge is 2.02. The minimum absolute atomic E-state index is 0.302. The van der Waals surface area contributed by atoms with Crippen LogP contribution in [0.25, 0.3) is 0 Å². The van der Waals surface area contributed by atoms with E-state index in [1.807, 2.05) is 17.8 Å². The highest BCUT2D eigenvalue weighted by molar-refractivity contribution is 7.98. The lowest BCUT2D eigenvalue weighted by Gasteiger charge is -2.06. The maximum atomic E-state index is 13.5. The van der Waals surface area contributed by atoms with Gasteiger partial charge in [-0.25, -0.2) is 4.39 Å². The van der Waals surface area contributed by atoms with Gasteiger partial charge in [-0.3, -0.25) is 0 Å².